The first-order valence-electron chi connectivity index (χ1n) is 5.22. The highest BCUT2D eigenvalue weighted by Crippen LogP contribution is 1.95. The molecule has 0 saturated heterocycles. The van der Waals surface area contributed by atoms with Gasteiger partial charge in [-0.25, -0.2) is 0 Å². The maximum atomic E-state index is 11.4. The molecule has 0 heterocycles. The van der Waals surface area contributed by atoms with Crippen molar-refractivity contribution in [3.8, 4) is 0 Å². The molecule has 0 unspecified atom stereocenters. The first kappa shape index (κ1) is 13.7. The van der Waals surface area contributed by atoms with E-state index in [9.17, 15) is 4.79 Å². The molecule has 4 nitrogen and oxygen atoms in total. The van der Waals surface area contributed by atoms with Crippen LogP contribution in [0.5, 0.6) is 0 Å². The fourth-order valence-electron chi connectivity index (χ4n) is 0.995. The molecule has 0 saturated carbocycles. The van der Waals surface area contributed by atoms with E-state index >= 15 is 0 Å². The largest absolute Gasteiger partial charge is 0.356 e. The summed E-state index contributed by atoms with van der Waals surface area (Å²) in [6, 6.07) is 0. The second kappa shape index (κ2) is 8.03. The summed E-state index contributed by atoms with van der Waals surface area (Å²) in [5.74, 6) is 0.549. The molecule has 1 amide bonds. The van der Waals surface area contributed by atoms with E-state index in [1.165, 1.54) is 0 Å². The van der Waals surface area contributed by atoms with Crippen LogP contribution in [0, 0.1) is 5.92 Å². The molecule has 0 aliphatic carbocycles. The normalized spacial score (nSPS) is 11.3. The Hall–Kier alpha value is -1.32. The Morgan fingerprint density at radius 3 is 2.60 bits per heavy atom. The molecule has 0 aliphatic rings. The Labute approximate surface area is 91.8 Å². The van der Waals surface area contributed by atoms with Gasteiger partial charge in [-0.2, -0.15) is 5.10 Å². The quantitative estimate of drug-likeness (QED) is 0.492. The van der Waals surface area contributed by atoms with Crippen molar-refractivity contribution in [3.63, 3.8) is 0 Å². The summed E-state index contributed by atoms with van der Waals surface area (Å²) in [7, 11) is 1.72. The fourth-order valence-corrected chi connectivity index (χ4v) is 0.995. The van der Waals surface area contributed by atoms with E-state index in [1.54, 1.807) is 13.1 Å². The molecular weight excluding hydrogens is 190 g/mol. The topological polar surface area (TPSA) is 53.5 Å². The van der Waals surface area contributed by atoms with Crippen LogP contribution in [-0.4, -0.2) is 25.2 Å². The van der Waals surface area contributed by atoms with E-state index in [-0.39, 0.29) is 5.91 Å². The minimum absolute atomic E-state index is 0.0642. The Bertz CT molecular complexity index is 234. The van der Waals surface area contributed by atoms with Crippen molar-refractivity contribution in [3.05, 3.63) is 12.7 Å². The van der Waals surface area contributed by atoms with Crippen LogP contribution < -0.4 is 10.7 Å². The minimum atomic E-state index is 0.0642. The second-order valence-corrected chi connectivity index (χ2v) is 3.73. The van der Waals surface area contributed by atoms with E-state index in [0.29, 0.717) is 18.8 Å². The first-order valence-corrected chi connectivity index (χ1v) is 5.22. The lowest BCUT2D eigenvalue weighted by atomic mass is 10.2. The maximum Gasteiger partial charge on any atom is 0.220 e. The number of nitrogens with one attached hydrogen (secondary N) is 2. The van der Waals surface area contributed by atoms with Gasteiger partial charge < -0.3 is 10.7 Å². The lowest BCUT2D eigenvalue weighted by Gasteiger charge is -2.07. The summed E-state index contributed by atoms with van der Waals surface area (Å²) in [6.45, 7) is 8.49. The van der Waals surface area contributed by atoms with Gasteiger partial charge in [-0.1, -0.05) is 20.4 Å². The second-order valence-electron chi connectivity index (χ2n) is 3.73. The summed E-state index contributed by atoms with van der Waals surface area (Å²) < 4.78 is 0. The molecular formula is C11H21N3O. The van der Waals surface area contributed by atoms with Crippen molar-refractivity contribution in [2.75, 3.05) is 13.6 Å². The molecule has 0 aromatic heterocycles. The molecule has 0 radical (unpaired) electrons. The minimum Gasteiger partial charge on any atom is -0.356 e. The number of carbonyl (C=O) groups is 1. The summed E-state index contributed by atoms with van der Waals surface area (Å²) in [5.41, 5.74) is 3.48. The van der Waals surface area contributed by atoms with Gasteiger partial charge in [0, 0.05) is 26.4 Å². The molecule has 2 N–H and O–H groups in total. The van der Waals surface area contributed by atoms with Crippen molar-refractivity contribution in [2.45, 2.75) is 26.7 Å². The third-order valence-electron chi connectivity index (χ3n) is 1.81. The van der Waals surface area contributed by atoms with Crippen molar-refractivity contribution < 1.29 is 4.79 Å². The zero-order valence-corrected chi connectivity index (χ0v) is 9.84. The number of hydrogen-bond acceptors (Lipinski definition) is 3. The van der Waals surface area contributed by atoms with Crippen LogP contribution in [-0.2, 0) is 4.79 Å². The third-order valence-corrected chi connectivity index (χ3v) is 1.81. The number of nitrogens with zero attached hydrogens (tertiary/aromatic N) is 1. The number of carbonyl (C=O) groups excluding carboxylic acids is 1. The van der Waals surface area contributed by atoms with E-state index < -0.39 is 0 Å². The van der Waals surface area contributed by atoms with Crippen molar-refractivity contribution >= 4 is 11.6 Å². The van der Waals surface area contributed by atoms with Gasteiger partial charge in [0.2, 0.25) is 5.91 Å². The van der Waals surface area contributed by atoms with Gasteiger partial charge in [0.05, 0.1) is 5.71 Å². The molecule has 0 fully saturated rings. The van der Waals surface area contributed by atoms with E-state index in [0.717, 1.165) is 12.3 Å². The Balaban J connectivity index is 3.78. The molecule has 0 aromatic rings. The molecule has 4 heteroatoms. The summed E-state index contributed by atoms with van der Waals surface area (Å²) in [6.07, 6.45) is 2.74. The third kappa shape index (κ3) is 7.73. The Morgan fingerprint density at radius 2 is 2.13 bits per heavy atom. The molecule has 0 atom stereocenters. The van der Waals surface area contributed by atoms with Crippen molar-refractivity contribution in [1.82, 2.24) is 10.7 Å². The standard InChI is InChI=1S/C11H21N3O/c1-5-10(14-12-4)6-7-11(15)13-8-9(2)3/h5,9,12H,1,6-8H2,2-4H3,(H,13,15)/b14-10+. The average molecular weight is 211 g/mol. The zero-order valence-electron chi connectivity index (χ0n) is 9.84. The number of amides is 1. The Morgan fingerprint density at radius 1 is 1.47 bits per heavy atom. The first-order chi connectivity index (χ1) is 7.10. The maximum absolute atomic E-state index is 11.4. The Kier molecular flexibility index (Phi) is 7.32. The summed E-state index contributed by atoms with van der Waals surface area (Å²) in [4.78, 5) is 11.4. The lowest BCUT2D eigenvalue weighted by molar-refractivity contribution is -0.121. The monoisotopic (exact) mass is 211 g/mol. The van der Waals surface area contributed by atoms with Crippen LogP contribution in [0.2, 0.25) is 0 Å². The van der Waals surface area contributed by atoms with Gasteiger partial charge in [0.25, 0.3) is 0 Å². The number of hydrogen-bond donors (Lipinski definition) is 2. The fraction of sp³-hybridized carbons (Fsp3) is 0.636. The number of hydrazone groups is 1. The van der Waals surface area contributed by atoms with Crippen LogP contribution in [0.4, 0.5) is 0 Å². The van der Waals surface area contributed by atoms with Gasteiger partial charge in [-0.15, -0.1) is 0 Å². The number of allylic oxidation sites excluding steroid dienone is 1. The molecule has 0 aromatic carbocycles. The van der Waals surface area contributed by atoms with Crippen LogP contribution in [0.3, 0.4) is 0 Å². The van der Waals surface area contributed by atoms with Gasteiger partial charge in [0.1, 0.15) is 0 Å². The van der Waals surface area contributed by atoms with E-state index in [2.05, 4.69) is 36.3 Å². The average Bonchev–Trinajstić information content (AvgIpc) is 2.21. The SMILES string of the molecule is C=C/C(CCC(=O)NCC(C)C)=N\NC. The van der Waals surface area contributed by atoms with Crippen LogP contribution in [0.25, 0.3) is 0 Å². The molecule has 0 rings (SSSR count). The molecule has 0 spiro atoms. The predicted octanol–water partition coefficient (Wildman–Crippen LogP) is 1.30. The number of rotatable bonds is 7. The predicted molar refractivity (Wildman–Crippen MR) is 63.8 cm³/mol. The van der Waals surface area contributed by atoms with E-state index in [1.807, 2.05) is 0 Å². The highest BCUT2D eigenvalue weighted by molar-refractivity contribution is 5.96. The molecule has 0 aliphatic heterocycles. The zero-order chi connectivity index (χ0) is 11.7. The van der Waals surface area contributed by atoms with E-state index in [4.69, 9.17) is 0 Å². The van der Waals surface area contributed by atoms with Crippen molar-refractivity contribution in [2.24, 2.45) is 11.0 Å². The molecule has 86 valence electrons. The molecule has 15 heavy (non-hydrogen) atoms. The van der Waals surface area contributed by atoms with Crippen LogP contribution in [0.15, 0.2) is 17.8 Å². The summed E-state index contributed by atoms with van der Waals surface area (Å²) >= 11 is 0. The van der Waals surface area contributed by atoms with Crippen molar-refractivity contribution in [1.29, 1.82) is 0 Å². The van der Waals surface area contributed by atoms with Crippen LogP contribution in [0.1, 0.15) is 26.7 Å². The van der Waals surface area contributed by atoms with Crippen LogP contribution >= 0.6 is 0 Å². The highest BCUT2D eigenvalue weighted by atomic mass is 16.1. The van der Waals surface area contributed by atoms with Gasteiger partial charge in [0.15, 0.2) is 0 Å². The lowest BCUT2D eigenvalue weighted by Crippen LogP contribution is -2.27. The molecule has 0 bridgehead atoms. The highest BCUT2D eigenvalue weighted by Gasteiger charge is 2.03. The smallest absolute Gasteiger partial charge is 0.220 e. The van der Waals surface area contributed by atoms with Gasteiger partial charge in [-0.3, -0.25) is 4.79 Å². The van der Waals surface area contributed by atoms with Gasteiger partial charge >= 0.3 is 0 Å². The van der Waals surface area contributed by atoms with Gasteiger partial charge in [-0.05, 0) is 12.0 Å². The summed E-state index contributed by atoms with van der Waals surface area (Å²) in [5, 5.41) is 6.83.